The molecule has 6 aromatic rings. The summed E-state index contributed by atoms with van der Waals surface area (Å²) in [5.74, 6) is 1.23. The minimum Gasteiger partial charge on any atom is -0.258 e. The molecule has 4 heterocycles. The lowest BCUT2D eigenvalue weighted by Gasteiger charge is -2.47. The van der Waals surface area contributed by atoms with Gasteiger partial charge in [-0.3, -0.25) is 8.88 Å². The Hall–Kier alpha value is -3.04. The van der Waals surface area contributed by atoms with Crippen LogP contribution in [-0.2, 0) is 19.3 Å². The van der Waals surface area contributed by atoms with Crippen molar-refractivity contribution in [2.75, 3.05) is 13.1 Å². The van der Waals surface area contributed by atoms with E-state index < -0.39 is 32.3 Å². The number of benzene rings is 6. The highest BCUT2D eigenvalue weighted by Gasteiger charge is 2.54. The van der Waals surface area contributed by atoms with E-state index in [1.165, 1.54) is 83.7 Å². The number of nitrogens with zero attached hydrogens (tertiary/aromatic N) is 2. The molecule has 360 valence electrons. The molecule has 11 atom stereocenters. The van der Waals surface area contributed by atoms with Crippen LogP contribution in [0.5, 0.6) is 0 Å². The van der Waals surface area contributed by atoms with Gasteiger partial charge in [-0.2, -0.15) is 0 Å². The van der Waals surface area contributed by atoms with Gasteiger partial charge in [0.1, 0.15) is 0 Å². The summed E-state index contributed by atoms with van der Waals surface area (Å²) in [6, 6.07) is 67.1. The second kappa shape index (κ2) is 23.2. The Morgan fingerprint density at radius 3 is 1.39 bits per heavy atom. The SMILES string of the molecule is CCCCN(P1c2ccccc2CC(C2C[C@@H](c3ccccc3)P(N(CCCC)P3C(C)Cc4ccccc4CC3C)[C@@H]2c2ccccc2)CC1C)P1[C@H](c2ccccc2)CC[C@H]1c1ccccc1. The molecule has 69 heavy (non-hydrogen) atoms. The molecule has 2 nitrogen and oxygen atoms in total. The van der Waals surface area contributed by atoms with Crippen LogP contribution in [0.2, 0.25) is 0 Å². The minimum absolute atomic E-state index is 0.394. The van der Waals surface area contributed by atoms with E-state index in [2.05, 4.69) is 213 Å². The average molecular weight is 987 g/mol. The van der Waals surface area contributed by atoms with Crippen LogP contribution in [0.15, 0.2) is 170 Å². The summed E-state index contributed by atoms with van der Waals surface area (Å²) in [6.45, 7) is 15.3. The third kappa shape index (κ3) is 10.6. The van der Waals surface area contributed by atoms with E-state index in [1.54, 1.807) is 44.2 Å². The molecule has 7 unspecified atom stereocenters. The molecule has 0 aliphatic carbocycles. The van der Waals surface area contributed by atoms with E-state index in [0.29, 0.717) is 51.4 Å². The van der Waals surface area contributed by atoms with Gasteiger partial charge in [0.2, 0.25) is 0 Å². The average Bonchev–Trinajstić information content (AvgIpc) is 3.94. The number of rotatable bonds is 15. The first-order valence-electron chi connectivity index (χ1n) is 27.0. The van der Waals surface area contributed by atoms with E-state index >= 15 is 0 Å². The lowest BCUT2D eigenvalue weighted by molar-refractivity contribution is 0.298. The molecule has 2 saturated heterocycles. The minimum atomic E-state index is -0.579. The van der Waals surface area contributed by atoms with Gasteiger partial charge < -0.3 is 0 Å². The van der Waals surface area contributed by atoms with Crippen molar-refractivity contribution in [3.63, 3.8) is 0 Å². The predicted molar refractivity (Wildman–Crippen MR) is 305 cm³/mol. The zero-order valence-electron chi connectivity index (χ0n) is 42.2. The molecule has 6 aromatic carbocycles. The zero-order valence-corrected chi connectivity index (χ0v) is 45.8. The van der Waals surface area contributed by atoms with Gasteiger partial charge in [0.15, 0.2) is 0 Å². The van der Waals surface area contributed by atoms with Gasteiger partial charge in [-0.05, 0) is 155 Å². The van der Waals surface area contributed by atoms with Crippen molar-refractivity contribution < 1.29 is 0 Å². The van der Waals surface area contributed by atoms with Gasteiger partial charge in [-0.1, -0.05) is 217 Å². The van der Waals surface area contributed by atoms with E-state index in [9.17, 15) is 0 Å². The number of unbranched alkanes of at least 4 members (excludes halogenated alkanes) is 2. The summed E-state index contributed by atoms with van der Waals surface area (Å²) < 4.78 is 6.57. The molecule has 0 radical (unpaired) electrons. The highest BCUT2D eigenvalue weighted by Crippen LogP contribution is 2.82. The summed E-state index contributed by atoms with van der Waals surface area (Å²) in [5, 5.41) is 1.71. The van der Waals surface area contributed by atoms with Gasteiger partial charge >= 0.3 is 0 Å². The Labute approximate surface area is 422 Å². The number of fused-ring (bicyclic) bond motifs is 2. The lowest BCUT2D eigenvalue weighted by Crippen LogP contribution is -2.29. The first-order valence-corrected chi connectivity index (χ1v) is 32.6. The molecule has 4 aliphatic rings. The Balaban J connectivity index is 1.08. The maximum atomic E-state index is 3.31. The van der Waals surface area contributed by atoms with Crippen LogP contribution < -0.4 is 5.30 Å². The van der Waals surface area contributed by atoms with Crippen molar-refractivity contribution in [1.29, 1.82) is 0 Å². The van der Waals surface area contributed by atoms with E-state index in [-0.39, 0.29) is 0 Å². The fraction of sp³-hybridized carbons (Fsp3) is 0.429. The lowest BCUT2D eigenvalue weighted by atomic mass is 9.77. The van der Waals surface area contributed by atoms with Crippen molar-refractivity contribution in [2.24, 2.45) is 11.8 Å². The Kier molecular flexibility index (Phi) is 16.7. The van der Waals surface area contributed by atoms with Crippen LogP contribution in [0.4, 0.5) is 0 Å². The molecule has 0 saturated carbocycles. The second-order valence-corrected chi connectivity index (χ2v) is 32.1. The maximum Gasteiger partial charge on any atom is 0.0214 e. The molecular formula is C63H78N2P4. The Morgan fingerprint density at radius 1 is 0.420 bits per heavy atom. The summed E-state index contributed by atoms with van der Waals surface area (Å²) in [6.07, 6.45) is 13.8. The molecule has 0 bridgehead atoms. The van der Waals surface area contributed by atoms with E-state index in [1.807, 2.05) is 0 Å². The first kappa shape index (κ1) is 49.5. The molecule has 6 heteroatoms. The second-order valence-electron chi connectivity index (χ2n) is 21.0. The fourth-order valence-electron chi connectivity index (χ4n) is 13.4. The first-order chi connectivity index (χ1) is 33.9. The van der Waals surface area contributed by atoms with Crippen LogP contribution in [0.1, 0.15) is 148 Å². The van der Waals surface area contributed by atoms with Crippen molar-refractivity contribution >= 4 is 37.6 Å². The molecule has 0 N–H and O–H groups in total. The summed E-state index contributed by atoms with van der Waals surface area (Å²) in [7, 11) is -2.02. The molecule has 4 aliphatic heterocycles. The van der Waals surface area contributed by atoms with Crippen molar-refractivity contribution in [1.82, 2.24) is 8.88 Å². The number of hydrogen-bond donors (Lipinski definition) is 0. The quantitative estimate of drug-likeness (QED) is 0.0946. The summed E-state index contributed by atoms with van der Waals surface area (Å²) in [5.41, 5.74) is 15.4. The molecular weight excluding hydrogens is 909 g/mol. The van der Waals surface area contributed by atoms with Crippen molar-refractivity contribution in [3.05, 3.63) is 209 Å². The van der Waals surface area contributed by atoms with Crippen LogP contribution >= 0.6 is 32.3 Å². The van der Waals surface area contributed by atoms with E-state index in [4.69, 9.17) is 0 Å². The highest BCUT2D eigenvalue weighted by molar-refractivity contribution is 7.75. The van der Waals surface area contributed by atoms with Crippen LogP contribution in [0.3, 0.4) is 0 Å². The Morgan fingerprint density at radius 2 is 0.870 bits per heavy atom. The molecule has 2 fully saturated rings. The zero-order chi connectivity index (χ0) is 47.3. The largest absolute Gasteiger partial charge is 0.258 e. The molecule has 0 spiro atoms. The van der Waals surface area contributed by atoms with Crippen LogP contribution in [0, 0.1) is 11.8 Å². The van der Waals surface area contributed by atoms with Gasteiger partial charge in [-0.25, -0.2) is 0 Å². The standard InChI is InChI=1S/C63H78N2P4/c1-6-8-40-64(66-47(3)42-54-34-22-23-35-55(54)43-48(66)4)69-62(52-30-18-12-19-31-52)46-58(63(69)53-32-20-13-21-33-53)57-44-49(5)67(59-37-25-24-36-56(59)45-57)65(41-9-7-2)68-60(50-26-14-10-15-27-50)38-39-61(68)51-28-16-11-17-29-51/h10-37,47-49,57-58,60-63H,6-9,38-46H2,1-5H3/t47?,48?,49?,57?,58?,60-,61-,62-,63+,66?,67?,69?/m0/s1. The smallest absolute Gasteiger partial charge is 0.0214 e. The molecule has 0 amide bonds. The van der Waals surface area contributed by atoms with Gasteiger partial charge in [0, 0.05) is 43.8 Å². The monoisotopic (exact) mass is 987 g/mol. The predicted octanol–water partition coefficient (Wildman–Crippen LogP) is 18.4. The maximum absolute atomic E-state index is 3.31. The van der Waals surface area contributed by atoms with Crippen molar-refractivity contribution in [3.8, 4) is 0 Å². The van der Waals surface area contributed by atoms with Gasteiger partial charge in [-0.15, -0.1) is 0 Å². The Bertz CT molecular complexity index is 2440. The molecule has 10 rings (SSSR count). The number of hydrogen-bond acceptors (Lipinski definition) is 2. The van der Waals surface area contributed by atoms with Crippen LogP contribution in [0.25, 0.3) is 0 Å². The molecule has 0 aromatic heterocycles. The van der Waals surface area contributed by atoms with Crippen LogP contribution in [-0.4, -0.2) is 38.9 Å². The third-order valence-corrected chi connectivity index (χ3v) is 30.7. The fourth-order valence-corrected chi connectivity index (χ4v) is 31.0. The van der Waals surface area contributed by atoms with E-state index in [0.717, 1.165) is 0 Å². The van der Waals surface area contributed by atoms with Gasteiger partial charge in [0.25, 0.3) is 0 Å². The topological polar surface area (TPSA) is 6.48 Å². The normalized spacial score (nSPS) is 29.4. The van der Waals surface area contributed by atoms with Gasteiger partial charge in [0.05, 0.1) is 0 Å². The third-order valence-electron chi connectivity index (χ3n) is 16.5. The highest BCUT2D eigenvalue weighted by atomic mass is 31.2. The summed E-state index contributed by atoms with van der Waals surface area (Å²) >= 11 is 0. The van der Waals surface area contributed by atoms with Crippen molar-refractivity contribution in [2.45, 2.75) is 145 Å². The summed E-state index contributed by atoms with van der Waals surface area (Å²) in [4.78, 5) is 0.